The lowest BCUT2D eigenvalue weighted by molar-refractivity contribution is -0.141. The van der Waals surface area contributed by atoms with Gasteiger partial charge in [0.05, 0.1) is 0 Å². The van der Waals surface area contributed by atoms with Crippen LogP contribution in [0.4, 0.5) is 13.2 Å². The molecule has 0 unspecified atom stereocenters. The van der Waals surface area contributed by atoms with Gasteiger partial charge in [-0.15, -0.1) is 0 Å². The maximum absolute atomic E-state index is 12.6. The van der Waals surface area contributed by atoms with Crippen LogP contribution in [0.5, 0.6) is 0 Å². The van der Waals surface area contributed by atoms with Gasteiger partial charge < -0.3 is 10.3 Å². The largest absolute Gasteiger partial charge is 0.431 e. The number of amides is 1. The van der Waals surface area contributed by atoms with Gasteiger partial charge in [0.1, 0.15) is 11.3 Å². The van der Waals surface area contributed by atoms with Gasteiger partial charge in [-0.05, 0) is 37.6 Å². The van der Waals surface area contributed by atoms with Crippen LogP contribution in [0.2, 0.25) is 0 Å². The van der Waals surface area contributed by atoms with Crippen LogP contribution in [0, 0.1) is 0 Å². The van der Waals surface area contributed by atoms with Gasteiger partial charge in [-0.3, -0.25) is 9.59 Å². The molecule has 1 heterocycles. The summed E-state index contributed by atoms with van der Waals surface area (Å²) in [6.45, 7) is 10.8. The summed E-state index contributed by atoms with van der Waals surface area (Å²) in [4.78, 5) is 25.9. The minimum atomic E-state index is -4.70. The molecule has 0 fully saturated rings. The molecule has 1 rings (SSSR count). The van der Waals surface area contributed by atoms with E-state index >= 15 is 0 Å². The van der Waals surface area contributed by atoms with E-state index in [2.05, 4.69) is 18.5 Å². The maximum Gasteiger partial charge on any atom is 0.431 e. The van der Waals surface area contributed by atoms with E-state index in [0.29, 0.717) is 17.3 Å². The summed E-state index contributed by atoms with van der Waals surface area (Å²) in [6.07, 6.45) is 3.30. The van der Waals surface area contributed by atoms with E-state index in [4.69, 9.17) is 0 Å². The minimum absolute atomic E-state index is 0.333. The Morgan fingerprint density at radius 3 is 2.38 bits per heavy atom. The normalized spacial score (nSPS) is 13.3. The van der Waals surface area contributed by atoms with Crippen LogP contribution >= 0.6 is 0 Å². The van der Waals surface area contributed by atoms with Gasteiger partial charge in [0, 0.05) is 11.3 Å². The highest BCUT2D eigenvalue weighted by molar-refractivity contribution is 5.95. The number of hydrogen-bond donors (Lipinski definition) is 2. The molecule has 0 aromatic carbocycles. The van der Waals surface area contributed by atoms with Crippen LogP contribution < -0.4 is 10.9 Å². The Morgan fingerprint density at radius 1 is 1.27 bits per heavy atom. The van der Waals surface area contributed by atoms with Gasteiger partial charge in [-0.25, -0.2) is 0 Å². The van der Waals surface area contributed by atoms with E-state index in [1.165, 1.54) is 12.2 Å². The van der Waals surface area contributed by atoms with Crippen molar-refractivity contribution in [1.29, 1.82) is 0 Å². The molecule has 26 heavy (non-hydrogen) atoms. The summed E-state index contributed by atoms with van der Waals surface area (Å²) >= 11 is 0. The lowest BCUT2D eigenvalue weighted by atomic mass is 10.0. The van der Waals surface area contributed by atoms with Crippen molar-refractivity contribution in [3.63, 3.8) is 0 Å². The molecule has 0 bridgehead atoms. The van der Waals surface area contributed by atoms with Crippen LogP contribution in [0.1, 0.15) is 29.9 Å². The van der Waals surface area contributed by atoms with Crippen molar-refractivity contribution < 1.29 is 18.0 Å². The summed E-state index contributed by atoms with van der Waals surface area (Å²) in [7, 11) is 0. The highest BCUT2D eigenvalue weighted by Crippen LogP contribution is 2.26. The van der Waals surface area contributed by atoms with Crippen molar-refractivity contribution in [3.8, 4) is 0 Å². The zero-order chi connectivity index (χ0) is 19.9. The quantitative estimate of drug-likeness (QED) is 0.741. The topological polar surface area (TPSA) is 62.0 Å². The number of halogens is 3. The number of nitrogens with one attached hydrogen (secondary N) is 2. The molecule has 4 nitrogen and oxygen atoms in total. The Labute approximate surface area is 149 Å². The Kier molecular flexibility index (Phi) is 7.13. The molecule has 1 aromatic heterocycles. The zero-order valence-electron chi connectivity index (χ0n) is 14.4. The predicted molar refractivity (Wildman–Crippen MR) is 95.5 cm³/mol. The summed E-state index contributed by atoms with van der Waals surface area (Å²) in [6, 6.07) is 1.48. The van der Waals surface area contributed by atoms with Crippen LogP contribution in [0.25, 0.3) is 0 Å². The summed E-state index contributed by atoms with van der Waals surface area (Å²) in [5.74, 6) is -0.841. The first-order chi connectivity index (χ1) is 12.1. The predicted octanol–water partition coefficient (Wildman–Crippen LogP) is 4.27. The highest BCUT2D eigenvalue weighted by Gasteiger charge is 2.32. The average Bonchev–Trinajstić information content (AvgIpc) is 2.57. The smallest absolute Gasteiger partial charge is 0.321 e. The summed E-state index contributed by atoms with van der Waals surface area (Å²) < 4.78 is 37.8. The van der Waals surface area contributed by atoms with Crippen LogP contribution in [0.3, 0.4) is 0 Å². The number of aromatic amines is 1. The van der Waals surface area contributed by atoms with E-state index in [1.54, 1.807) is 37.1 Å². The molecule has 0 radical (unpaired) electrons. The standard InChI is InChI=1S/C19H19F3N2O2/c1-5-8-13(12(4)7-3)15(9-6-2)23-17(25)14-10-11-16(19(20,21)22)24-18(14)26/h5-11H,2-3H2,1,4H3,(H,23,25)(H,24,26)/b8-5-,13-12+,15-9+. The molecule has 2 N–H and O–H groups in total. The van der Waals surface area contributed by atoms with Gasteiger partial charge in [0.25, 0.3) is 11.5 Å². The number of H-pyrrole nitrogens is 1. The number of alkyl halides is 3. The average molecular weight is 364 g/mol. The van der Waals surface area contributed by atoms with Crippen molar-refractivity contribution in [1.82, 2.24) is 10.3 Å². The molecule has 0 saturated heterocycles. The Morgan fingerprint density at radius 2 is 1.92 bits per heavy atom. The third kappa shape index (κ3) is 5.20. The van der Waals surface area contributed by atoms with Gasteiger partial charge in [0.15, 0.2) is 0 Å². The maximum atomic E-state index is 12.6. The monoisotopic (exact) mass is 364 g/mol. The van der Waals surface area contributed by atoms with Crippen molar-refractivity contribution in [2.45, 2.75) is 20.0 Å². The first-order valence-corrected chi connectivity index (χ1v) is 7.56. The van der Waals surface area contributed by atoms with Gasteiger partial charge in [-0.1, -0.05) is 37.5 Å². The van der Waals surface area contributed by atoms with Gasteiger partial charge in [0.2, 0.25) is 0 Å². The zero-order valence-corrected chi connectivity index (χ0v) is 14.4. The first kappa shape index (κ1) is 21.0. The lowest BCUT2D eigenvalue weighted by Gasteiger charge is -2.13. The molecule has 0 aliphatic rings. The molecule has 0 saturated carbocycles. The second-order valence-electron chi connectivity index (χ2n) is 5.18. The molecule has 138 valence electrons. The molecule has 1 aromatic rings. The molecule has 0 atom stereocenters. The van der Waals surface area contributed by atoms with Crippen LogP contribution in [-0.2, 0) is 6.18 Å². The minimum Gasteiger partial charge on any atom is -0.321 e. The van der Waals surface area contributed by atoms with E-state index in [-0.39, 0.29) is 0 Å². The van der Waals surface area contributed by atoms with Crippen molar-refractivity contribution >= 4 is 5.91 Å². The molecule has 0 spiro atoms. The second-order valence-corrected chi connectivity index (χ2v) is 5.18. The number of carbonyl (C=O) groups is 1. The molecular formula is C19H19F3N2O2. The lowest BCUT2D eigenvalue weighted by Crippen LogP contribution is -2.31. The second kappa shape index (κ2) is 8.84. The summed E-state index contributed by atoms with van der Waals surface area (Å²) in [5, 5.41) is 2.53. The number of allylic oxidation sites excluding steroid dienone is 6. The van der Waals surface area contributed by atoms with Crippen LogP contribution in [-0.4, -0.2) is 10.9 Å². The third-order valence-electron chi connectivity index (χ3n) is 3.35. The van der Waals surface area contributed by atoms with Crippen molar-refractivity contribution in [2.24, 2.45) is 0 Å². The first-order valence-electron chi connectivity index (χ1n) is 7.56. The molecule has 0 aliphatic carbocycles. The number of hydrogen-bond acceptors (Lipinski definition) is 2. The number of carbonyl (C=O) groups excluding carboxylic acids is 1. The Hall–Kier alpha value is -3.09. The van der Waals surface area contributed by atoms with E-state index in [0.717, 1.165) is 11.6 Å². The van der Waals surface area contributed by atoms with Gasteiger partial charge in [-0.2, -0.15) is 13.2 Å². The number of pyridine rings is 1. The van der Waals surface area contributed by atoms with E-state index in [1.807, 2.05) is 0 Å². The Balaban J connectivity index is 3.29. The fourth-order valence-corrected chi connectivity index (χ4v) is 2.03. The fraction of sp³-hybridized carbons (Fsp3) is 0.158. The third-order valence-corrected chi connectivity index (χ3v) is 3.35. The van der Waals surface area contributed by atoms with E-state index in [9.17, 15) is 22.8 Å². The van der Waals surface area contributed by atoms with Crippen molar-refractivity contribution in [3.05, 3.63) is 94.1 Å². The van der Waals surface area contributed by atoms with Gasteiger partial charge >= 0.3 is 6.18 Å². The SMILES string of the molecule is C=C\C=C(NC(=O)c1ccc(C(F)(F)F)[nH]c1=O)/C(/C=C\C)=C(\C)C=C. The molecule has 1 amide bonds. The number of rotatable bonds is 6. The van der Waals surface area contributed by atoms with Crippen LogP contribution in [0.15, 0.2) is 77.3 Å². The Bertz CT molecular complexity index is 856. The van der Waals surface area contributed by atoms with E-state index < -0.39 is 28.9 Å². The molecular weight excluding hydrogens is 345 g/mol. The number of aromatic nitrogens is 1. The summed E-state index contributed by atoms with van der Waals surface area (Å²) in [5.41, 5.74) is -1.09. The van der Waals surface area contributed by atoms with Crippen molar-refractivity contribution in [2.75, 3.05) is 0 Å². The highest BCUT2D eigenvalue weighted by atomic mass is 19.4. The molecule has 7 heteroatoms. The molecule has 0 aliphatic heterocycles. The fourth-order valence-electron chi connectivity index (χ4n) is 2.03.